The summed E-state index contributed by atoms with van der Waals surface area (Å²) in [5.41, 5.74) is 1.13. The van der Waals surface area contributed by atoms with E-state index in [1.54, 1.807) is 4.90 Å². The number of hydrogen-bond acceptors (Lipinski definition) is 6. The monoisotopic (exact) mass is 336 g/mol. The molecule has 7 heteroatoms. The zero-order chi connectivity index (χ0) is 15.9. The molecule has 22 heavy (non-hydrogen) atoms. The lowest BCUT2D eigenvalue weighted by atomic mass is 10.2. The molecule has 0 bridgehead atoms. The van der Waals surface area contributed by atoms with Crippen LogP contribution in [-0.4, -0.2) is 39.8 Å². The van der Waals surface area contributed by atoms with Crippen LogP contribution in [0, 0.1) is 0 Å². The number of anilines is 1. The number of carbonyl (C=O) groups is 1. The number of rotatable bonds is 7. The Bertz CT molecular complexity index is 603. The lowest BCUT2D eigenvalue weighted by Gasteiger charge is -2.20. The standard InChI is InChI=1S/C15H20N4OS2/c1-4-16-14-17-18-15(22-14)21-11(2)13(20)19(3)10-12-8-6-5-7-9-12/h5-9,11H,4,10H2,1-3H3,(H,16,17). The first-order valence-corrected chi connectivity index (χ1v) is 8.82. The summed E-state index contributed by atoms with van der Waals surface area (Å²) in [6.07, 6.45) is 0. The molecule has 0 saturated heterocycles. The van der Waals surface area contributed by atoms with Crippen molar-refractivity contribution in [1.82, 2.24) is 15.1 Å². The van der Waals surface area contributed by atoms with E-state index in [9.17, 15) is 4.79 Å². The molecule has 2 aromatic rings. The fraction of sp³-hybridized carbons (Fsp3) is 0.400. The maximum Gasteiger partial charge on any atom is 0.235 e. The fourth-order valence-corrected chi connectivity index (χ4v) is 4.01. The van der Waals surface area contributed by atoms with Gasteiger partial charge in [0.05, 0.1) is 5.25 Å². The van der Waals surface area contributed by atoms with Crippen LogP contribution in [0.3, 0.4) is 0 Å². The zero-order valence-electron chi connectivity index (χ0n) is 12.9. The lowest BCUT2D eigenvalue weighted by Crippen LogP contribution is -2.32. The van der Waals surface area contributed by atoms with Crippen molar-refractivity contribution < 1.29 is 4.79 Å². The van der Waals surface area contributed by atoms with Crippen molar-refractivity contribution in [3.63, 3.8) is 0 Å². The fourth-order valence-electron chi connectivity index (χ4n) is 1.93. The third-order valence-electron chi connectivity index (χ3n) is 3.00. The topological polar surface area (TPSA) is 58.1 Å². The van der Waals surface area contributed by atoms with Gasteiger partial charge in [-0.05, 0) is 19.4 Å². The number of aromatic nitrogens is 2. The molecular weight excluding hydrogens is 316 g/mol. The van der Waals surface area contributed by atoms with Crippen LogP contribution in [0.2, 0.25) is 0 Å². The van der Waals surface area contributed by atoms with Crippen molar-refractivity contribution in [1.29, 1.82) is 0 Å². The Morgan fingerprint density at radius 1 is 1.36 bits per heavy atom. The summed E-state index contributed by atoms with van der Waals surface area (Å²) in [5.74, 6) is 0.0917. The van der Waals surface area contributed by atoms with Crippen LogP contribution < -0.4 is 5.32 Å². The van der Waals surface area contributed by atoms with Gasteiger partial charge >= 0.3 is 0 Å². The number of benzene rings is 1. The van der Waals surface area contributed by atoms with Gasteiger partial charge in [-0.15, -0.1) is 10.2 Å². The van der Waals surface area contributed by atoms with Gasteiger partial charge in [0.2, 0.25) is 11.0 Å². The Balaban J connectivity index is 1.90. The second-order valence-corrected chi connectivity index (χ2v) is 7.41. The predicted molar refractivity (Wildman–Crippen MR) is 92.3 cm³/mol. The van der Waals surface area contributed by atoms with Gasteiger partial charge in [0.15, 0.2) is 4.34 Å². The normalized spacial score (nSPS) is 12.0. The first kappa shape index (κ1) is 16.8. The van der Waals surface area contributed by atoms with Crippen LogP contribution in [0.5, 0.6) is 0 Å². The van der Waals surface area contributed by atoms with E-state index in [1.165, 1.54) is 23.1 Å². The quantitative estimate of drug-likeness (QED) is 0.787. The van der Waals surface area contributed by atoms with Gasteiger partial charge in [0.1, 0.15) is 0 Å². The molecule has 1 atom stereocenters. The summed E-state index contributed by atoms with van der Waals surface area (Å²) in [6, 6.07) is 9.98. The van der Waals surface area contributed by atoms with E-state index in [2.05, 4.69) is 15.5 Å². The highest BCUT2D eigenvalue weighted by molar-refractivity contribution is 8.02. The van der Waals surface area contributed by atoms with Crippen LogP contribution in [0.4, 0.5) is 5.13 Å². The molecule has 1 aromatic carbocycles. The molecule has 2 rings (SSSR count). The molecule has 5 nitrogen and oxygen atoms in total. The Kier molecular flexibility index (Phi) is 6.21. The SMILES string of the molecule is CCNc1nnc(SC(C)C(=O)N(C)Cc2ccccc2)s1. The Morgan fingerprint density at radius 2 is 2.09 bits per heavy atom. The van der Waals surface area contributed by atoms with E-state index in [1.807, 2.05) is 51.2 Å². The van der Waals surface area contributed by atoms with Crippen molar-refractivity contribution in [3.8, 4) is 0 Å². The molecule has 0 aliphatic rings. The minimum absolute atomic E-state index is 0.0917. The molecule has 0 aliphatic heterocycles. The largest absolute Gasteiger partial charge is 0.360 e. The van der Waals surface area contributed by atoms with Gasteiger partial charge in [0, 0.05) is 20.1 Å². The Labute approximate surface area is 139 Å². The predicted octanol–water partition coefficient (Wildman–Crippen LogP) is 3.11. The number of nitrogens with one attached hydrogen (secondary N) is 1. The van der Waals surface area contributed by atoms with Crippen LogP contribution >= 0.6 is 23.1 Å². The second-order valence-electron chi connectivity index (χ2n) is 4.84. The third-order valence-corrected chi connectivity index (χ3v) is 5.05. The summed E-state index contributed by atoms with van der Waals surface area (Å²) in [7, 11) is 1.83. The number of hydrogen-bond donors (Lipinski definition) is 1. The summed E-state index contributed by atoms with van der Waals surface area (Å²) in [6.45, 7) is 5.35. The molecule has 0 saturated carbocycles. The molecule has 118 valence electrons. The van der Waals surface area contributed by atoms with Crippen molar-refractivity contribution in [2.75, 3.05) is 18.9 Å². The maximum atomic E-state index is 12.4. The minimum Gasteiger partial charge on any atom is -0.360 e. The molecular formula is C15H20N4OS2. The van der Waals surface area contributed by atoms with Gasteiger partial charge in [-0.3, -0.25) is 4.79 Å². The second kappa shape index (κ2) is 8.14. The number of amides is 1. The molecule has 1 amide bonds. The van der Waals surface area contributed by atoms with E-state index >= 15 is 0 Å². The molecule has 1 N–H and O–H groups in total. The summed E-state index contributed by atoms with van der Waals surface area (Å²) >= 11 is 2.93. The van der Waals surface area contributed by atoms with Gasteiger partial charge in [0.25, 0.3) is 0 Å². The summed E-state index contributed by atoms with van der Waals surface area (Å²) in [5, 5.41) is 11.9. The minimum atomic E-state index is -0.184. The molecule has 1 heterocycles. The molecule has 1 unspecified atom stereocenters. The average Bonchev–Trinajstić information content (AvgIpc) is 2.95. The van der Waals surface area contributed by atoms with Crippen molar-refractivity contribution in [3.05, 3.63) is 35.9 Å². The van der Waals surface area contributed by atoms with E-state index in [0.29, 0.717) is 6.54 Å². The zero-order valence-corrected chi connectivity index (χ0v) is 14.6. The van der Waals surface area contributed by atoms with Crippen LogP contribution in [0.25, 0.3) is 0 Å². The van der Waals surface area contributed by atoms with Crippen molar-refractivity contribution in [2.45, 2.75) is 30.0 Å². The molecule has 0 fully saturated rings. The highest BCUT2D eigenvalue weighted by atomic mass is 32.2. The highest BCUT2D eigenvalue weighted by Gasteiger charge is 2.20. The van der Waals surface area contributed by atoms with Crippen molar-refractivity contribution >= 4 is 34.1 Å². The number of nitrogens with zero attached hydrogens (tertiary/aromatic N) is 3. The smallest absolute Gasteiger partial charge is 0.235 e. The van der Waals surface area contributed by atoms with Crippen LogP contribution in [-0.2, 0) is 11.3 Å². The summed E-state index contributed by atoms with van der Waals surface area (Å²) < 4.78 is 0.810. The highest BCUT2D eigenvalue weighted by Crippen LogP contribution is 2.29. The first-order chi connectivity index (χ1) is 10.6. The van der Waals surface area contributed by atoms with Gasteiger partial charge in [-0.1, -0.05) is 53.4 Å². The third kappa shape index (κ3) is 4.71. The molecule has 1 aromatic heterocycles. The molecule has 0 radical (unpaired) electrons. The van der Waals surface area contributed by atoms with E-state index in [4.69, 9.17) is 0 Å². The lowest BCUT2D eigenvalue weighted by molar-refractivity contribution is -0.129. The number of carbonyl (C=O) groups excluding carboxylic acids is 1. The summed E-state index contributed by atoms with van der Waals surface area (Å²) in [4.78, 5) is 14.2. The molecule has 0 spiro atoms. The Morgan fingerprint density at radius 3 is 2.77 bits per heavy atom. The van der Waals surface area contributed by atoms with Gasteiger partial charge in [-0.2, -0.15) is 0 Å². The first-order valence-electron chi connectivity index (χ1n) is 7.13. The maximum absolute atomic E-state index is 12.4. The van der Waals surface area contributed by atoms with E-state index < -0.39 is 0 Å². The van der Waals surface area contributed by atoms with Gasteiger partial charge < -0.3 is 10.2 Å². The Hall–Kier alpha value is -1.60. The number of thioether (sulfide) groups is 1. The van der Waals surface area contributed by atoms with Crippen molar-refractivity contribution in [2.24, 2.45) is 0 Å². The van der Waals surface area contributed by atoms with E-state index in [0.717, 1.165) is 21.6 Å². The van der Waals surface area contributed by atoms with E-state index in [-0.39, 0.29) is 11.2 Å². The van der Waals surface area contributed by atoms with Gasteiger partial charge in [-0.25, -0.2) is 0 Å². The van der Waals surface area contributed by atoms with Crippen LogP contribution in [0.1, 0.15) is 19.4 Å². The molecule has 0 aliphatic carbocycles. The average molecular weight is 336 g/mol. The van der Waals surface area contributed by atoms with Crippen LogP contribution in [0.15, 0.2) is 34.7 Å².